The Morgan fingerprint density at radius 3 is 2.86 bits per heavy atom. The highest BCUT2D eigenvalue weighted by molar-refractivity contribution is 9.10. The van der Waals surface area contributed by atoms with E-state index in [1.807, 2.05) is 31.2 Å². The lowest BCUT2D eigenvalue weighted by atomic mass is 9.75. The molecule has 2 atom stereocenters. The van der Waals surface area contributed by atoms with Crippen molar-refractivity contribution < 1.29 is 19.1 Å². The summed E-state index contributed by atoms with van der Waals surface area (Å²) in [4.78, 5) is 26.0. The molecule has 0 bridgehead atoms. The highest BCUT2D eigenvalue weighted by Crippen LogP contribution is 2.44. The number of esters is 1. The number of ether oxygens (including phenoxy) is 2. The SMILES string of the molecule is CC1=C(C(=O)OC[C@H]2CCCO2)[C@H](c2ccccc2Br)C2=C(CCCC2=O)N1. The van der Waals surface area contributed by atoms with Gasteiger partial charge >= 0.3 is 5.97 Å². The fourth-order valence-corrected chi connectivity index (χ4v) is 4.81. The average molecular weight is 446 g/mol. The number of rotatable bonds is 4. The molecule has 0 saturated carbocycles. The topological polar surface area (TPSA) is 64.6 Å². The minimum absolute atomic E-state index is 0.0330. The van der Waals surface area contributed by atoms with Crippen molar-refractivity contribution in [1.29, 1.82) is 0 Å². The van der Waals surface area contributed by atoms with Crippen molar-refractivity contribution in [2.24, 2.45) is 0 Å². The minimum atomic E-state index is -0.420. The number of hydrogen-bond donors (Lipinski definition) is 1. The van der Waals surface area contributed by atoms with E-state index in [9.17, 15) is 9.59 Å². The molecular weight excluding hydrogens is 422 g/mol. The van der Waals surface area contributed by atoms with Gasteiger partial charge in [-0.3, -0.25) is 4.79 Å². The van der Waals surface area contributed by atoms with Gasteiger partial charge in [-0.25, -0.2) is 4.79 Å². The highest BCUT2D eigenvalue weighted by Gasteiger charge is 2.40. The van der Waals surface area contributed by atoms with E-state index in [1.54, 1.807) is 0 Å². The van der Waals surface area contributed by atoms with Crippen LogP contribution in [0.4, 0.5) is 0 Å². The third-order valence-electron chi connectivity index (χ3n) is 5.64. The van der Waals surface area contributed by atoms with Gasteiger partial charge in [0.05, 0.1) is 11.7 Å². The van der Waals surface area contributed by atoms with Gasteiger partial charge in [0, 0.05) is 40.4 Å². The molecule has 1 saturated heterocycles. The lowest BCUT2D eigenvalue weighted by molar-refractivity contribution is -0.142. The first kappa shape index (κ1) is 19.4. The Kier molecular flexibility index (Phi) is 5.69. The number of benzene rings is 1. The summed E-state index contributed by atoms with van der Waals surface area (Å²) in [5.41, 5.74) is 3.82. The third-order valence-corrected chi connectivity index (χ3v) is 6.36. The average Bonchev–Trinajstić information content (AvgIpc) is 3.19. The summed E-state index contributed by atoms with van der Waals surface area (Å²) in [6.45, 7) is 2.85. The van der Waals surface area contributed by atoms with Crippen LogP contribution in [-0.2, 0) is 19.1 Å². The number of hydrogen-bond acceptors (Lipinski definition) is 5. The Balaban J connectivity index is 1.71. The normalized spacial score (nSPS) is 24.9. The number of halogens is 1. The van der Waals surface area contributed by atoms with Crippen LogP contribution in [0.3, 0.4) is 0 Å². The highest BCUT2D eigenvalue weighted by atomic mass is 79.9. The smallest absolute Gasteiger partial charge is 0.336 e. The first-order valence-corrected chi connectivity index (χ1v) is 10.6. The predicted octanol–water partition coefficient (Wildman–Crippen LogP) is 4.14. The van der Waals surface area contributed by atoms with Gasteiger partial charge < -0.3 is 14.8 Å². The Bertz CT molecular complexity index is 867. The van der Waals surface area contributed by atoms with Crippen LogP contribution < -0.4 is 5.32 Å². The summed E-state index contributed by atoms with van der Waals surface area (Å²) in [6, 6.07) is 7.77. The van der Waals surface area contributed by atoms with Crippen molar-refractivity contribution in [2.45, 2.75) is 51.0 Å². The van der Waals surface area contributed by atoms with Crippen molar-refractivity contribution in [3.63, 3.8) is 0 Å². The lowest BCUT2D eigenvalue weighted by Crippen LogP contribution is -2.35. The largest absolute Gasteiger partial charge is 0.459 e. The van der Waals surface area contributed by atoms with Gasteiger partial charge in [-0.05, 0) is 44.2 Å². The Labute approximate surface area is 173 Å². The molecule has 0 unspecified atom stereocenters. The van der Waals surface area contributed by atoms with E-state index in [1.165, 1.54) is 0 Å². The maximum absolute atomic E-state index is 13.1. The van der Waals surface area contributed by atoms with Gasteiger partial charge in [0.1, 0.15) is 6.61 Å². The fraction of sp³-hybridized carbons (Fsp3) is 0.455. The Hall–Kier alpha value is -1.92. The predicted molar refractivity (Wildman–Crippen MR) is 109 cm³/mol. The molecule has 1 N–H and O–H groups in total. The molecule has 3 aliphatic rings. The summed E-state index contributed by atoms with van der Waals surface area (Å²) < 4.78 is 12.1. The molecule has 1 fully saturated rings. The molecule has 0 amide bonds. The standard InChI is InChI=1S/C22H24BrNO4/c1-13-19(22(26)28-12-14-6-5-11-27-14)20(15-7-2-3-8-16(15)23)21-17(24-13)9-4-10-18(21)25/h2-3,7-8,14,20,24H,4-6,9-12H2,1H3/t14-,20+/m1/s1. The molecule has 2 heterocycles. The zero-order chi connectivity index (χ0) is 19.7. The van der Waals surface area contributed by atoms with Crippen LogP contribution in [0, 0.1) is 0 Å². The second-order valence-corrected chi connectivity index (χ2v) is 8.37. The van der Waals surface area contributed by atoms with E-state index in [0.717, 1.165) is 53.7 Å². The van der Waals surface area contributed by atoms with E-state index in [0.29, 0.717) is 17.6 Å². The Morgan fingerprint density at radius 1 is 1.29 bits per heavy atom. The molecule has 0 spiro atoms. The van der Waals surface area contributed by atoms with Crippen molar-refractivity contribution in [3.05, 3.63) is 56.8 Å². The number of allylic oxidation sites excluding steroid dienone is 3. The van der Waals surface area contributed by atoms with Crippen molar-refractivity contribution in [3.8, 4) is 0 Å². The van der Waals surface area contributed by atoms with Crippen LogP contribution in [0.25, 0.3) is 0 Å². The molecule has 2 aliphatic heterocycles. The first-order chi connectivity index (χ1) is 13.6. The molecule has 0 radical (unpaired) electrons. The molecular formula is C22H24BrNO4. The molecule has 1 aromatic rings. The van der Waals surface area contributed by atoms with Gasteiger partial charge in [0.25, 0.3) is 0 Å². The Morgan fingerprint density at radius 2 is 2.11 bits per heavy atom. The second-order valence-electron chi connectivity index (χ2n) is 7.52. The van der Waals surface area contributed by atoms with E-state index < -0.39 is 5.92 Å². The molecule has 6 heteroatoms. The van der Waals surface area contributed by atoms with E-state index in [2.05, 4.69) is 21.2 Å². The number of carbonyl (C=O) groups excluding carboxylic acids is 2. The number of carbonyl (C=O) groups is 2. The van der Waals surface area contributed by atoms with E-state index in [-0.39, 0.29) is 24.5 Å². The number of Topliss-reactive ketones (excluding diaryl/α,β-unsaturated/α-hetero) is 1. The van der Waals surface area contributed by atoms with Crippen LogP contribution in [0.1, 0.15) is 50.5 Å². The summed E-state index contributed by atoms with van der Waals surface area (Å²) in [7, 11) is 0. The van der Waals surface area contributed by atoms with Crippen LogP contribution in [-0.4, -0.2) is 31.1 Å². The zero-order valence-corrected chi connectivity index (χ0v) is 17.5. The third kappa shape index (κ3) is 3.67. The van der Waals surface area contributed by atoms with Crippen LogP contribution in [0.15, 0.2) is 51.3 Å². The second kappa shape index (κ2) is 8.21. The zero-order valence-electron chi connectivity index (χ0n) is 15.9. The molecule has 5 nitrogen and oxygen atoms in total. The number of dihydropyridines is 1. The first-order valence-electron chi connectivity index (χ1n) is 9.83. The lowest BCUT2D eigenvalue weighted by Gasteiger charge is -2.34. The quantitative estimate of drug-likeness (QED) is 0.705. The molecule has 1 aromatic carbocycles. The van der Waals surface area contributed by atoms with E-state index in [4.69, 9.17) is 9.47 Å². The summed E-state index contributed by atoms with van der Waals surface area (Å²) in [6.07, 6.45) is 4.03. The fourth-order valence-electron chi connectivity index (χ4n) is 4.30. The van der Waals surface area contributed by atoms with Gasteiger partial charge in [-0.15, -0.1) is 0 Å². The van der Waals surface area contributed by atoms with Crippen LogP contribution in [0.2, 0.25) is 0 Å². The summed E-state index contributed by atoms with van der Waals surface area (Å²) in [5.74, 6) is -0.700. The summed E-state index contributed by atoms with van der Waals surface area (Å²) >= 11 is 3.61. The molecule has 4 rings (SSSR count). The molecule has 0 aromatic heterocycles. The van der Waals surface area contributed by atoms with Gasteiger partial charge in [-0.1, -0.05) is 34.1 Å². The van der Waals surface area contributed by atoms with Crippen molar-refractivity contribution in [2.75, 3.05) is 13.2 Å². The van der Waals surface area contributed by atoms with Crippen molar-refractivity contribution in [1.82, 2.24) is 5.32 Å². The maximum Gasteiger partial charge on any atom is 0.336 e. The minimum Gasteiger partial charge on any atom is -0.459 e. The molecule has 148 valence electrons. The number of ketones is 1. The van der Waals surface area contributed by atoms with E-state index >= 15 is 0 Å². The maximum atomic E-state index is 13.1. The van der Waals surface area contributed by atoms with Crippen molar-refractivity contribution >= 4 is 27.7 Å². The number of nitrogens with one attached hydrogen (secondary N) is 1. The van der Waals surface area contributed by atoms with Gasteiger partial charge in [0.15, 0.2) is 5.78 Å². The molecule has 28 heavy (non-hydrogen) atoms. The van der Waals surface area contributed by atoms with Crippen LogP contribution >= 0.6 is 15.9 Å². The van der Waals surface area contributed by atoms with Crippen LogP contribution in [0.5, 0.6) is 0 Å². The monoisotopic (exact) mass is 445 g/mol. The summed E-state index contributed by atoms with van der Waals surface area (Å²) in [5, 5.41) is 3.32. The molecule has 1 aliphatic carbocycles. The van der Waals surface area contributed by atoms with Gasteiger partial charge in [0.2, 0.25) is 0 Å². The van der Waals surface area contributed by atoms with Gasteiger partial charge in [-0.2, -0.15) is 0 Å².